The van der Waals surface area contributed by atoms with Crippen LogP contribution >= 0.6 is 24.0 Å². The van der Waals surface area contributed by atoms with Crippen molar-refractivity contribution < 1.29 is 13.2 Å². The molecule has 1 heterocycles. The molecule has 3 rings (SSSR count). The van der Waals surface area contributed by atoms with E-state index in [9.17, 15) is 8.78 Å². The fourth-order valence-corrected chi connectivity index (χ4v) is 2.67. The van der Waals surface area contributed by atoms with Crippen LogP contribution in [0.25, 0.3) is 11.3 Å². The molecule has 2 aromatic carbocycles. The van der Waals surface area contributed by atoms with Gasteiger partial charge in [-0.1, -0.05) is 35.9 Å². The normalized spacial score (nSPS) is 12.2. The second kappa shape index (κ2) is 10.3. The summed E-state index contributed by atoms with van der Waals surface area (Å²) >= 11 is 0. The predicted molar refractivity (Wildman–Crippen MR) is 120 cm³/mol. The van der Waals surface area contributed by atoms with Crippen molar-refractivity contribution >= 4 is 29.9 Å². The van der Waals surface area contributed by atoms with Crippen LogP contribution in [0.4, 0.5) is 8.78 Å². The summed E-state index contributed by atoms with van der Waals surface area (Å²) in [5.41, 5.74) is 2.74. The molecule has 0 aliphatic heterocycles. The number of aromatic nitrogens is 1. The average molecular weight is 512 g/mol. The van der Waals surface area contributed by atoms with E-state index in [1.54, 1.807) is 13.2 Å². The van der Waals surface area contributed by atoms with Crippen LogP contribution in [-0.2, 0) is 6.54 Å². The number of aryl methyl sites for hydroxylation is 1. The number of aliphatic imine (C=N–C) groups is 1. The highest BCUT2D eigenvalue weighted by atomic mass is 127. The summed E-state index contributed by atoms with van der Waals surface area (Å²) in [5.74, 6) is -0.0505. The van der Waals surface area contributed by atoms with Crippen molar-refractivity contribution in [3.8, 4) is 11.3 Å². The van der Waals surface area contributed by atoms with E-state index in [4.69, 9.17) is 4.42 Å². The number of halogens is 3. The van der Waals surface area contributed by atoms with Crippen LogP contribution in [0, 0.1) is 18.6 Å². The van der Waals surface area contributed by atoms with Crippen molar-refractivity contribution in [2.45, 2.75) is 26.4 Å². The first-order valence-corrected chi connectivity index (χ1v) is 8.90. The molecule has 0 spiro atoms. The minimum absolute atomic E-state index is 0. The van der Waals surface area contributed by atoms with E-state index in [0.717, 1.165) is 11.6 Å². The van der Waals surface area contributed by atoms with E-state index in [1.165, 1.54) is 17.7 Å². The third kappa shape index (κ3) is 5.99. The summed E-state index contributed by atoms with van der Waals surface area (Å²) in [5, 5.41) is 6.23. The number of benzene rings is 2. The molecule has 3 aromatic rings. The Morgan fingerprint density at radius 2 is 1.86 bits per heavy atom. The van der Waals surface area contributed by atoms with E-state index < -0.39 is 11.6 Å². The summed E-state index contributed by atoms with van der Waals surface area (Å²) in [7, 11) is 1.63. The highest BCUT2D eigenvalue weighted by Gasteiger charge is 2.12. The quantitative estimate of drug-likeness (QED) is 0.288. The van der Waals surface area contributed by atoms with Crippen LogP contribution in [0.3, 0.4) is 0 Å². The van der Waals surface area contributed by atoms with Gasteiger partial charge in [0, 0.05) is 12.6 Å². The van der Waals surface area contributed by atoms with Gasteiger partial charge in [0.1, 0.15) is 0 Å². The Hall–Kier alpha value is -2.49. The Labute approximate surface area is 185 Å². The maximum absolute atomic E-state index is 13.4. The number of oxazole rings is 1. The molecule has 1 aromatic heterocycles. The van der Waals surface area contributed by atoms with E-state index in [-0.39, 0.29) is 30.0 Å². The Morgan fingerprint density at radius 1 is 1.14 bits per heavy atom. The highest BCUT2D eigenvalue weighted by molar-refractivity contribution is 14.0. The van der Waals surface area contributed by atoms with Crippen molar-refractivity contribution in [1.82, 2.24) is 15.6 Å². The molecule has 1 atom stereocenters. The fraction of sp³-hybridized carbons (Fsp3) is 0.238. The molecule has 154 valence electrons. The molecule has 0 aliphatic carbocycles. The van der Waals surface area contributed by atoms with Gasteiger partial charge < -0.3 is 15.1 Å². The number of nitrogens with zero attached hydrogens (tertiary/aromatic N) is 2. The first-order valence-electron chi connectivity index (χ1n) is 8.90. The van der Waals surface area contributed by atoms with E-state index in [0.29, 0.717) is 29.7 Å². The zero-order valence-electron chi connectivity index (χ0n) is 16.4. The summed E-state index contributed by atoms with van der Waals surface area (Å²) in [6.45, 7) is 4.19. The van der Waals surface area contributed by atoms with E-state index >= 15 is 0 Å². The number of nitrogens with one attached hydrogen (secondary N) is 2. The van der Waals surface area contributed by atoms with E-state index in [2.05, 4.69) is 20.6 Å². The molecule has 8 heteroatoms. The van der Waals surface area contributed by atoms with Gasteiger partial charge in [-0.25, -0.2) is 13.8 Å². The number of rotatable bonds is 5. The van der Waals surface area contributed by atoms with Crippen molar-refractivity contribution in [3.05, 3.63) is 77.3 Å². The molecule has 0 amide bonds. The van der Waals surface area contributed by atoms with Crippen molar-refractivity contribution in [2.75, 3.05) is 7.05 Å². The molecule has 1 unspecified atom stereocenters. The molecule has 0 aliphatic rings. The molecule has 0 bridgehead atoms. The van der Waals surface area contributed by atoms with Gasteiger partial charge in [-0.15, -0.1) is 24.0 Å². The summed E-state index contributed by atoms with van der Waals surface area (Å²) < 4.78 is 32.3. The Bertz CT molecular complexity index is 973. The molecule has 29 heavy (non-hydrogen) atoms. The Morgan fingerprint density at radius 3 is 2.52 bits per heavy atom. The van der Waals surface area contributed by atoms with Gasteiger partial charge in [-0.2, -0.15) is 0 Å². The minimum atomic E-state index is -0.877. The van der Waals surface area contributed by atoms with Gasteiger partial charge in [-0.05, 0) is 31.5 Å². The van der Waals surface area contributed by atoms with Gasteiger partial charge in [-0.3, -0.25) is 4.99 Å². The smallest absolute Gasteiger partial charge is 0.214 e. The van der Waals surface area contributed by atoms with Crippen LogP contribution in [0.15, 0.2) is 58.1 Å². The van der Waals surface area contributed by atoms with Crippen LogP contribution in [0.5, 0.6) is 0 Å². The first-order chi connectivity index (χ1) is 13.5. The van der Waals surface area contributed by atoms with Crippen LogP contribution in [0.2, 0.25) is 0 Å². The zero-order valence-corrected chi connectivity index (χ0v) is 18.7. The van der Waals surface area contributed by atoms with Crippen molar-refractivity contribution in [3.63, 3.8) is 0 Å². The third-order valence-corrected chi connectivity index (χ3v) is 4.32. The second-order valence-electron chi connectivity index (χ2n) is 6.45. The average Bonchev–Trinajstić information content (AvgIpc) is 3.16. The van der Waals surface area contributed by atoms with Gasteiger partial charge >= 0.3 is 0 Å². The summed E-state index contributed by atoms with van der Waals surface area (Å²) in [6, 6.07) is 11.5. The molecule has 0 radical (unpaired) electrons. The molecule has 2 N–H and O–H groups in total. The van der Waals surface area contributed by atoms with Gasteiger partial charge in [0.15, 0.2) is 23.4 Å². The lowest BCUT2D eigenvalue weighted by Crippen LogP contribution is -2.38. The SMILES string of the molecule is CN=C(NCc1ncc(-c2ccc(C)cc2)o1)NC(C)c1ccc(F)c(F)c1.I. The predicted octanol–water partition coefficient (Wildman–Crippen LogP) is 4.97. The van der Waals surface area contributed by atoms with Crippen LogP contribution < -0.4 is 10.6 Å². The standard InChI is InChI=1S/C21H22F2N4O.HI/c1-13-4-6-15(7-5-13)19-11-25-20(28-19)12-26-21(24-3)27-14(2)16-8-9-17(22)18(23)10-16;/h4-11,14H,12H2,1-3H3,(H2,24,26,27);1H. The Balaban J connectivity index is 0.00000300. The fourth-order valence-electron chi connectivity index (χ4n) is 2.67. The topological polar surface area (TPSA) is 62.5 Å². The number of hydrogen-bond acceptors (Lipinski definition) is 3. The summed E-state index contributed by atoms with van der Waals surface area (Å²) in [4.78, 5) is 8.42. The number of hydrogen-bond donors (Lipinski definition) is 2. The molecular weight excluding hydrogens is 489 g/mol. The lowest BCUT2D eigenvalue weighted by molar-refractivity contribution is 0.495. The first kappa shape index (κ1) is 22.8. The second-order valence-corrected chi connectivity index (χ2v) is 6.45. The molecule has 0 saturated heterocycles. The maximum Gasteiger partial charge on any atom is 0.214 e. The van der Waals surface area contributed by atoms with Gasteiger partial charge in [0.2, 0.25) is 5.89 Å². The van der Waals surface area contributed by atoms with Crippen LogP contribution in [-0.4, -0.2) is 18.0 Å². The molecule has 5 nitrogen and oxygen atoms in total. The van der Waals surface area contributed by atoms with Crippen LogP contribution in [0.1, 0.15) is 30.0 Å². The van der Waals surface area contributed by atoms with Gasteiger partial charge in [0.25, 0.3) is 0 Å². The van der Waals surface area contributed by atoms with Crippen molar-refractivity contribution in [2.24, 2.45) is 4.99 Å². The molecule has 0 fully saturated rings. The summed E-state index contributed by atoms with van der Waals surface area (Å²) in [6.07, 6.45) is 1.68. The lowest BCUT2D eigenvalue weighted by atomic mass is 10.1. The molecular formula is C21H23F2IN4O. The zero-order chi connectivity index (χ0) is 20.1. The third-order valence-electron chi connectivity index (χ3n) is 4.32. The largest absolute Gasteiger partial charge is 0.439 e. The lowest BCUT2D eigenvalue weighted by Gasteiger charge is -2.18. The number of guanidine groups is 1. The molecule has 0 saturated carbocycles. The minimum Gasteiger partial charge on any atom is -0.439 e. The van der Waals surface area contributed by atoms with Crippen molar-refractivity contribution in [1.29, 1.82) is 0 Å². The van der Waals surface area contributed by atoms with E-state index in [1.807, 2.05) is 38.1 Å². The highest BCUT2D eigenvalue weighted by Crippen LogP contribution is 2.20. The Kier molecular flexibility index (Phi) is 8.12. The van der Waals surface area contributed by atoms with Gasteiger partial charge in [0.05, 0.1) is 18.8 Å². The maximum atomic E-state index is 13.4. The monoisotopic (exact) mass is 512 g/mol.